The molecular weight excluding hydrogens is 196 g/mol. The predicted octanol–water partition coefficient (Wildman–Crippen LogP) is 1.12. The van der Waals surface area contributed by atoms with Crippen molar-refractivity contribution in [3.05, 3.63) is 29.8 Å². The third-order valence-corrected chi connectivity index (χ3v) is 1.81. The molecule has 0 aliphatic carbocycles. The summed E-state index contributed by atoms with van der Waals surface area (Å²) in [5, 5.41) is 9.17. The first-order valence-electron chi connectivity index (χ1n) is 4.65. The molecule has 15 heavy (non-hydrogen) atoms. The Morgan fingerprint density at radius 3 is 2.87 bits per heavy atom. The van der Waals surface area contributed by atoms with Crippen LogP contribution in [-0.2, 0) is 20.7 Å². The molecule has 0 saturated carbocycles. The molecule has 1 aromatic rings. The lowest BCUT2D eigenvalue weighted by atomic mass is 10.1. The molecule has 0 fully saturated rings. The molecule has 0 bridgehead atoms. The van der Waals surface area contributed by atoms with Crippen molar-refractivity contribution in [1.82, 2.24) is 0 Å². The van der Waals surface area contributed by atoms with Crippen LogP contribution in [0.25, 0.3) is 0 Å². The largest absolute Gasteiger partial charge is 0.508 e. The number of hydrogen-bond donors (Lipinski definition) is 1. The quantitative estimate of drug-likeness (QED) is 0.584. The van der Waals surface area contributed by atoms with E-state index in [1.165, 1.54) is 6.07 Å². The van der Waals surface area contributed by atoms with Crippen LogP contribution in [-0.4, -0.2) is 31.4 Å². The number of phenols is 1. The number of phenolic OH excluding ortho intramolecular Hbond substituents is 1. The number of carbonyl (C=O) groups is 1. The van der Waals surface area contributed by atoms with Crippen LogP contribution in [0.15, 0.2) is 24.3 Å². The molecule has 0 amide bonds. The van der Waals surface area contributed by atoms with E-state index in [0.29, 0.717) is 6.61 Å². The van der Waals surface area contributed by atoms with Crippen LogP contribution in [0.1, 0.15) is 5.56 Å². The summed E-state index contributed by atoms with van der Waals surface area (Å²) >= 11 is 0. The maximum absolute atomic E-state index is 11.2. The fraction of sp³-hybridized carbons (Fsp3) is 0.364. The van der Waals surface area contributed by atoms with Gasteiger partial charge >= 0.3 is 5.97 Å². The van der Waals surface area contributed by atoms with Crippen molar-refractivity contribution >= 4 is 5.97 Å². The fourth-order valence-electron chi connectivity index (χ4n) is 1.12. The summed E-state index contributed by atoms with van der Waals surface area (Å²) in [5.74, 6) is -0.171. The van der Waals surface area contributed by atoms with Crippen molar-refractivity contribution in [2.45, 2.75) is 6.42 Å². The van der Waals surface area contributed by atoms with Gasteiger partial charge in [0.15, 0.2) is 0 Å². The second-order valence-electron chi connectivity index (χ2n) is 3.06. The standard InChI is InChI=1S/C11H14O4/c1-14-5-6-15-11(13)8-9-3-2-4-10(12)7-9/h2-4,7,12H,5-6,8H2,1H3. The first-order valence-corrected chi connectivity index (χ1v) is 4.65. The van der Waals surface area contributed by atoms with Crippen molar-refractivity contribution < 1.29 is 19.4 Å². The Hall–Kier alpha value is -1.55. The van der Waals surface area contributed by atoms with Crippen LogP contribution < -0.4 is 0 Å². The summed E-state index contributed by atoms with van der Waals surface area (Å²) in [4.78, 5) is 11.2. The molecule has 1 N–H and O–H groups in total. The number of aromatic hydroxyl groups is 1. The lowest BCUT2D eigenvalue weighted by molar-refractivity contribution is -0.144. The average Bonchev–Trinajstić information content (AvgIpc) is 2.18. The van der Waals surface area contributed by atoms with E-state index in [9.17, 15) is 4.79 Å². The van der Waals surface area contributed by atoms with E-state index in [2.05, 4.69) is 0 Å². The Kier molecular flexibility index (Phi) is 4.63. The molecule has 0 saturated heterocycles. The van der Waals surface area contributed by atoms with Crippen LogP contribution >= 0.6 is 0 Å². The Labute approximate surface area is 88.4 Å². The Bertz CT molecular complexity index is 322. The minimum atomic E-state index is -0.322. The number of benzene rings is 1. The molecule has 1 rings (SSSR count). The van der Waals surface area contributed by atoms with Gasteiger partial charge in [-0.25, -0.2) is 0 Å². The van der Waals surface area contributed by atoms with E-state index in [4.69, 9.17) is 14.6 Å². The van der Waals surface area contributed by atoms with Crippen LogP contribution in [0.3, 0.4) is 0 Å². The van der Waals surface area contributed by atoms with Gasteiger partial charge in [-0.3, -0.25) is 4.79 Å². The predicted molar refractivity (Wildman–Crippen MR) is 54.6 cm³/mol. The normalized spacial score (nSPS) is 9.93. The lowest BCUT2D eigenvalue weighted by Crippen LogP contribution is -2.11. The van der Waals surface area contributed by atoms with Gasteiger partial charge in [0.1, 0.15) is 12.4 Å². The molecule has 82 valence electrons. The van der Waals surface area contributed by atoms with Crippen molar-refractivity contribution in [3.8, 4) is 5.75 Å². The highest BCUT2D eigenvalue weighted by molar-refractivity contribution is 5.72. The molecule has 4 heteroatoms. The molecule has 0 atom stereocenters. The summed E-state index contributed by atoms with van der Waals surface area (Å²) in [5.41, 5.74) is 0.734. The number of rotatable bonds is 5. The summed E-state index contributed by atoms with van der Waals surface area (Å²) < 4.78 is 9.62. The molecule has 1 aromatic carbocycles. The number of methoxy groups -OCH3 is 1. The zero-order valence-corrected chi connectivity index (χ0v) is 8.60. The Morgan fingerprint density at radius 2 is 2.20 bits per heavy atom. The van der Waals surface area contributed by atoms with E-state index >= 15 is 0 Å². The molecule has 0 aromatic heterocycles. The maximum Gasteiger partial charge on any atom is 0.310 e. The van der Waals surface area contributed by atoms with E-state index in [-0.39, 0.29) is 24.7 Å². The smallest absolute Gasteiger partial charge is 0.310 e. The van der Waals surface area contributed by atoms with Crippen molar-refractivity contribution in [1.29, 1.82) is 0 Å². The Balaban J connectivity index is 2.37. The second-order valence-corrected chi connectivity index (χ2v) is 3.06. The van der Waals surface area contributed by atoms with E-state index in [1.54, 1.807) is 25.3 Å². The SMILES string of the molecule is COCCOC(=O)Cc1cccc(O)c1. The van der Waals surface area contributed by atoms with E-state index in [0.717, 1.165) is 5.56 Å². The highest BCUT2D eigenvalue weighted by Gasteiger charge is 2.04. The van der Waals surface area contributed by atoms with Crippen LogP contribution in [0.2, 0.25) is 0 Å². The molecule has 0 spiro atoms. The van der Waals surface area contributed by atoms with Gasteiger partial charge in [-0.15, -0.1) is 0 Å². The first-order chi connectivity index (χ1) is 7.22. The monoisotopic (exact) mass is 210 g/mol. The molecule has 0 radical (unpaired) electrons. The first kappa shape index (κ1) is 11.5. The zero-order chi connectivity index (χ0) is 11.1. The van der Waals surface area contributed by atoms with Crippen LogP contribution in [0.5, 0.6) is 5.75 Å². The lowest BCUT2D eigenvalue weighted by Gasteiger charge is -2.04. The number of hydrogen-bond acceptors (Lipinski definition) is 4. The fourth-order valence-corrected chi connectivity index (χ4v) is 1.12. The molecule has 0 aliphatic rings. The third-order valence-electron chi connectivity index (χ3n) is 1.81. The summed E-state index contributed by atoms with van der Waals surface area (Å²) in [6.45, 7) is 0.653. The molecule has 0 heterocycles. The van der Waals surface area contributed by atoms with Crippen molar-refractivity contribution in [2.24, 2.45) is 0 Å². The van der Waals surface area contributed by atoms with Crippen LogP contribution in [0, 0.1) is 0 Å². The van der Waals surface area contributed by atoms with Gasteiger partial charge < -0.3 is 14.6 Å². The molecule has 0 aliphatic heterocycles. The van der Waals surface area contributed by atoms with Gasteiger partial charge in [0.2, 0.25) is 0 Å². The second kappa shape index (κ2) is 6.03. The van der Waals surface area contributed by atoms with Gasteiger partial charge in [-0.1, -0.05) is 12.1 Å². The number of esters is 1. The zero-order valence-electron chi connectivity index (χ0n) is 8.60. The van der Waals surface area contributed by atoms with Crippen molar-refractivity contribution in [2.75, 3.05) is 20.3 Å². The average molecular weight is 210 g/mol. The van der Waals surface area contributed by atoms with Crippen LogP contribution in [0.4, 0.5) is 0 Å². The molecular formula is C11H14O4. The highest BCUT2D eigenvalue weighted by atomic mass is 16.6. The number of carbonyl (C=O) groups excluding carboxylic acids is 1. The maximum atomic E-state index is 11.2. The van der Waals surface area contributed by atoms with Crippen molar-refractivity contribution in [3.63, 3.8) is 0 Å². The summed E-state index contributed by atoms with van der Waals surface area (Å²) in [7, 11) is 1.54. The van der Waals surface area contributed by atoms with Gasteiger partial charge in [0.05, 0.1) is 13.0 Å². The van der Waals surface area contributed by atoms with E-state index < -0.39 is 0 Å². The summed E-state index contributed by atoms with van der Waals surface area (Å²) in [6, 6.07) is 6.54. The van der Waals surface area contributed by atoms with E-state index in [1.807, 2.05) is 0 Å². The minimum Gasteiger partial charge on any atom is -0.508 e. The minimum absolute atomic E-state index is 0.150. The number of ether oxygens (including phenoxy) is 2. The topological polar surface area (TPSA) is 55.8 Å². The highest BCUT2D eigenvalue weighted by Crippen LogP contribution is 2.11. The van der Waals surface area contributed by atoms with Gasteiger partial charge in [0, 0.05) is 7.11 Å². The third kappa shape index (κ3) is 4.46. The van der Waals surface area contributed by atoms with Gasteiger partial charge in [-0.2, -0.15) is 0 Å². The summed E-state index contributed by atoms with van der Waals surface area (Å²) in [6.07, 6.45) is 0.165. The van der Waals surface area contributed by atoms with Gasteiger partial charge in [-0.05, 0) is 17.7 Å². The van der Waals surface area contributed by atoms with Gasteiger partial charge in [0.25, 0.3) is 0 Å². The molecule has 4 nitrogen and oxygen atoms in total. The Morgan fingerprint density at radius 1 is 1.40 bits per heavy atom. The molecule has 0 unspecified atom stereocenters.